The van der Waals surface area contributed by atoms with Crippen molar-refractivity contribution in [2.75, 3.05) is 13.6 Å². The van der Waals surface area contributed by atoms with Gasteiger partial charge in [-0.15, -0.1) is 0 Å². The van der Waals surface area contributed by atoms with Crippen molar-refractivity contribution < 1.29 is 12.9 Å². The monoisotopic (exact) mass is 285 g/mol. The van der Waals surface area contributed by atoms with Crippen LogP contribution in [0.2, 0.25) is 0 Å². The average molecular weight is 285 g/mol. The van der Waals surface area contributed by atoms with Crippen molar-refractivity contribution in [1.29, 1.82) is 0 Å². The third-order valence-electron chi connectivity index (χ3n) is 2.44. The van der Waals surface area contributed by atoms with Crippen LogP contribution in [0.4, 0.5) is 0 Å². The van der Waals surface area contributed by atoms with Gasteiger partial charge in [-0.1, -0.05) is 5.16 Å². The van der Waals surface area contributed by atoms with Crippen LogP contribution in [0, 0.1) is 0 Å². The summed E-state index contributed by atoms with van der Waals surface area (Å²) in [4.78, 5) is 0.128. The molecule has 104 valence electrons. The molecule has 2 aromatic heterocycles. The molecule has 0 unspecified atom stereocenters. The predicted molar refractivity (Wildman–Crippen MR) is 66.7 cm³/mol. The van der Waals surface area contributed by atoms with Crippen LogP contribution in [-0.2, 0) is 23.1 Å². The van der Waals surface area contributed by atoms with E-state index in [4.69, 9.17) is 4.52 Å². The summed E-state index contributed by atoms with van der Waals surface area (Å²) in [5, 5.41) is 10.4. The number of nitrogens with zero attached hydrogens (tertiary/aromatic N) is 3. The Bertz CT molecular complexity index is 605. The minimum absolute atomic E-state index is 0.0596. The van der Waals surface area contributed by atoms with E-state index in [0.29, 0.717) is 18.8 Å². The van der Waals surface area contributed by atoms with E-state index in [1.54, 1.807) is 10.7 Å². The topological polar surface area (TPSA) is 102 Å². The Kier molecular flexibility index (Phi) is 4.30. The highest BCUT2D eigenvalue weighted by atomic mass is 32.2. The van der Waals surface area contributed by atoms with Gasteiger partial charge in [-0.3, -0.25) is 4.68 Å². The molecule has 9 heteroatoms. The third kappa shape index (κ3) is 3.63. The van der Waals surface area contributed by atoms with Crippen LogP contribution in [-0.4, -0.2) is 36.9 Å². The summed E-state index contributed by atoms with van der Waals surface area (Å²) >= 11 is 0. The Morgan fingerprint density at radius 3 is 3.00 bits per heavy atom. The molecule has 0 amide bonds. The first kappa shape index (κ1) is 13.7. The van der Waals surface area contributed by atoms with Crippen LogP contribution in [0.25, 0.3) is 0 Å². The lowest BCUT2D eigenvalue weighted by Gasteiger charge is -2.02. The Morgan fingerprint density at radius 1 is 1.47 bits per heavy atom. The van der Waals surface area contributed by atoms with E-state index >= 15 is 0 Å². The summed E-state index contributed by atoms with van der Waals surface area (Å²) in [6.45, 7) is 1.38. The molecule has 2 aromatic rings. The number of likely N-dealkylation sites (N-methyl/N-ethyl adjacent to an activating group) is 1. The zero-order valence-electron chi connectivity index (χ0n) is 10.4. The third-order valence-corrected chi connectivity index (χ3v) is 3.79. The fourth-order valence-electron chi connectivity index (χ4n) is 1.41. The maximum atomic E-state index is 12.0. The van der Waals surface area contributed by atoms with E-state index < -0.39 is 10.0 Å². The average Bonchev–Trinajstić information content (AvgIpc) is 3.05. The number of hydrogen-bond donors (Lipinski definition) is 2. The van der Waals surface area contributed by atoms with Gasteiger partial charge < -0.3 is 9.84 Å². The Labute approximate surface area is 110 Å². The fraction of sp³-hybridized carbons (Fsp3) is 0.400. The molecule has 0 aliphatic heterocycles. The lowest BCUT2D eigenvalue weighted by Crippen LogP contribution is -2.22. The molecular formula is C10H15N5O3S. The van der Waals surface area contributed by atoms with Crippen LogP contribution in [0.5, 0.6) is 0 Å². The molecule has 0 saturated heterocycles. The summed E-state index contributed by atoms with van der Waals surface area (Å²) in [7, 11) is -1.76. The first-order valence-electron chi connectivity index (χ1n) is 5.68. The van der Waals surface area contributed by atoms with Crippen LogP contribution in [0.3, 0.4) is 0 Å². The van der Waals surface area contributed by atoms with Crippen molar-refractivity contribution in [3.63, 3.8) is 0 Å². The zero-order valence-corrected chi connectivity index (χ0v) is 11.2. The van der Waals surface area contributed by atoms with Crippen molar-refractivity contribution in [3.05, 3.63) is 30.4 Å². The summed E-state index contributed by atoms with van der Waals surface area (Å²) in [6.07, 6.45) is 4.26. The quantitative estimate of drug-likeness (QED) is 0.715. The van der Waals surface area contributed by atoms with Gasteiger partial charge in [0.1, 0.15) is 4.90 Å². The van der Waals surface area contributed by atoms with Gasteiger partial charge >= 0.3 is 0 Å². The van der Waals surface area contributed by atoms with Crippen LogP contribution in [0.1, 0.15) is 5.76 Å². The molecule has 0 aromatic carbocycles. The van der Waals surface area contributed by atoms with Gasteiger partial charge in [0.2, 0.25) is 10.0 Å². The molecule has 0 saturated carbocycles. The van der Waals surface area contributed by atoms with Crippen LogP contribution < -0.4 is 10.0 Å². The van der Waals surface area contributed by atoms with Crippen molar-refractivity contribution in [2.45, 2.75) is 18.0 Å². The lowest BCUT2D eigenvalue weighted by atomic mass is 10.5. The van der Waals surface area contributed by atoms with E-state index in [2.05, 4.69) is 20.3 Å². The predicted octanol–water partition coefficient (Wildman–Crippen LogP) is -0.431. The highest BCUT2D eigenvalue weighted by molar-refractivity contribution is 7.89. The standard InChI is InChI=1S/C10H15N5O3S/c1-11-4-5-15-8-10(7-12-15)19(16,17)14-6-9-2-3-13-18-9/h2-3,7-8,11,14H,4-6H2,1H3. The molecule has 19 heavy (non-hydrogen) atoms. The van der Waals surface area contributed by atoms with Crippen molar-refractivity contribution in [1.82, 2.24) is 25.0 Å². The van der Waals surface area contributed by atoms with Gasteiger partial charge in [-0.2, -0.15) is 5.10 Å². The maximum absolute atomic E-state index is 12.0. The second kappa shape index (κ2) is 5.95. The van der Waals surface area contributed by atoms with Gasteiger partial charge in [0.15, 0.2) is 5.76 Å². The molecule has 0 atom stereocenters. The molecule has 0 aliphatic carbocycles. The van der Waals surface area contributed by atoms with Gasteiger partial charge in [-0.05, 0) is 7.05 Å². The van der Waals surface area contributed by atoms with Crippen molar-refractivity contribution in [2.24, 2.45) is 0 Å². The molecule has 0 fully saturated rings. The normalized spacial score (nSPS) is 11.8. The van der Waals surface area contributed by atoms with Crippen molar-refractivity contribution >= 4 is 10.0 Å². The molecule has 0 bridgehead atoms. The largest absolute Gasteiger partial charge is 0.360 e. The highest BCUT2D eigenvalue weighted by Gasteiger charge is 2.16. The van der Waals surface area contributed by atoms with Gasteiger partial charge in [0.25, 0.3) is 0 Å². The summed E-state index contributed by atoms with van der Waals surface area (Å²) in [5.41, 5.74) is 0. The maximum Gasteiger partial charge on any atom is 0.244 e. The summed E-state index contributed by atoms with van der Waals surface area (Å²) in [5.74, 6) is 0.450. The second-order valence-corrected chi connectivity index (χ2v) is 5.61. The highest BCUT2D eigenvalue weighted by Crippen LogP contribution is 2.08. The molecule has 2 rings (SSSR count). The number of rotatable bonds is 7. The first-order chi connectivity index (χ1) is 9.12. The number of nitrogens with one attached hydrogen (secondary N) is 2. The van der Waals surface area contributed by atoms with Crippen LogP contribution >= 0.6 is 0 Å². The summed E-state index contributed by atoms with van der Waals surface area (Å²) < 4.78 is 32.7. The lowest BCUT2D eigenvalue weighted by molar-refractivity contribution is 0.380. The SMILES string of the molecule is CNCCn1cc(S(=O)(=O)NCc2ccno2)cn1. The molecule has 8 nitrogen and oxygen atoms in total. The van der Waals surface area contributed by atoms with Crippen molar-refractivity contribution in [3.8, 4) is 0 Å². The molecular weight excluding hydrogens is 270 g/mol. The fourth-order valence-corrected chi connectivity index (χ4v) is 2.36. The van der Waals surface area contributed by atoms with Gasteiger partial charge in [-0.25, -0.2) is 13.1 Å². The second-order valence-electron chi connectivity index (χ2n) is 3.85. The number of sulfonamides is 1. The van der Waals surface area contributed by atoms with Gasteiger partial charge in [0, 0.05) is 18.8 Å². The van der Waals surface area contributed by atoms with Crippen LogP contribution in [0.15, 0.2) is 34.1 Å². The number of hydrogen-bond acceptors (Lipinski definition) is 6. The summed E-state index contributed by atoms with van der Waals surface area (Å²) in [6, 6.07) is 1.60. The molecule has 2 N–H and O–H groups in total. The van der Waals surface area contributed by atoms with E-state index in [1.807, 2.05) is 7.05 Å². The van der Waals surface area contributed by atoms with E-state index in [-0.39, 0.29) is 11.4 Å². The Morgan fingerprint density at radius 2 is 2.32 bits per heavy atom. The van der Waals surface area contributed by atoms with E-state index in [9.17, 15) is 8.42 Å². The van der Waals surface area contributed by atoms with Gasteiger partial charge in [0.05, 0.1) is 25.5 Å². The Balaban J connectivity index is 2.00. The smallest absolute Gasteiger partial charge is 0.244 e. The molecule has 2 heterocycles. The minimum atomic E-state index is -3.58. The number of aromatic nitrogens is 3. The Hall–Kier alpha value is -1.71. The minimum Gasteiger partial charge on any atom is -0.360 e. The molecule has 0 spiro atoms. The zero-order chi connectivity index (χ0) is 13.7. The molecule has 0 radical (unpaired) electrons. The van der Waals surface area contributed by atoms with E-state index in [0.717, 1.165) is 0 Å². The molecule has 0 aliphatic rings. The first-order valence-corrected chi connectivity index (χ1v) is 7.16. The van der Waals surface area contributed by atoms with E-state index in [1.165, 1.54) is 18.6 Å².